The highest BCUT2D eigenvalue weighted by Gasteiger charge is 2.28. The summed E-state index contributed by atoms with van der Waals surface area (Å²) < 4.78 is 5.02. The molecule has 0 saturated carbocycles. The van der Waals surface area contributed by atoms with Crippen molar-refractivity contribution in [1.82, 2.24) is 0 Å². The Bertz CT molecular complexity index is 149. The molecule has 6 N–H and O–H groups in total. The number of hydrogen-bond acceptors (Lipinski definition) is 7. The van der Waals surface area contributed by atoms with Crippen molar-refractivity contribution >= 4 is 8.60 Å². The Kier molecular flexibility index (Phi) is 13.0. The topological polar surface area (TPSA) is 131 Å². The molecule has 0 saturated heterocycles. The van der Waals surface area contributed by atoms with Gasteiger partial charge in [-0.1, -0.05) is 6.08 Å². The van der Waals surface area contributed by atoms with Gasteiger partial charge in [0.15, 0.2) is 0 Å². The zero-order chi connectivity index (χ0) is 13.0. The van der Waals surface area contributed by atoms with Crippen LogP contribution in [0.3, 0.4) is 0 Å². The minimum absolute atomic E-state index is 0.127. The SMILES string of the molecule is C=CCOCC(CO)(CO)CO.OP(O)O. The van der Waals surface area contributed by atoms with Crippen molar-refractivity contribution in [3.63, 3.8) is 0 Å². The van der Waals surface area contributed by atoms with E-state index in [0.29, 0.717) is 6.61 Å². The first-order valence-electron chi connectivity index (χ1n) is 4.36. The van der Waals surface area contributed by atoms with Crippen LogP contribution in [0, 0.1) is 5.41 Å². The summed E-state index contributed by atoms with van der Waals surface area (Å²) in [5.41, 5.74) is -0.928. The molecule has 0 heterocycles. The first-order valence-corrected chi connectivity index (χ1v) is 5.56. The molecule has 0 amide bonds. The van der Waals surface area contributed by atoms with Crippen molar-refractivity contribution in [2.24, 2.45) is 5.41 Å². The smallest absolute Gasteiger partial charge is 0.324 e. The molecule has 0 aliphatic carbocycles. The fourth-order valence-corrected chi connectivity index (χ4v) is 0.646. The lowest BCUT2D eigenvalue weighted by Gasteiger charge is -2.26. The summed E-state index contributed by atoms with van der Waals surface area (Å²) in [4.78, 5) is 21.7. The summed E-state index contributed by atoms with van der Waals surface area (Å²) in [7, 11) is -2.62. The summed E-state index contributed by atoms with van der Waals surface area (Å²) in [6.07, 6.45) is 1.57. The van der Waals surface area contributed by atoms with E-state index in [1.165, 1.54) is 0 Å². The molecule has 0 aromatic heterocycles. The van der Waals surface area contributed by atoms with E-state index >= 15 is 0 Å². The Balaban J connectivity index is 0. The first-order chi connectivity index (χ1) is 7.47. The molecule has 0 radical (unpaired) electrons. The Morgan fingerprint density at radius 1 is 1.06 bits per heavy atom. The Hall–Kier alpha value is -0.110. The van der Waals surface area contributed by atoms with E-state index in [-0.39, 0.29) is 26.4 Å². The van der Waals surface area contributed by atoms with Gasteiger partial charge in [-0.3, -0.25) is 0 Å². The lowest BCUT2D eigenvalue weighted by atomic mass is 9.93. The maximum Gasteiger partial charge on any atom is 0.324 e. The maximum absolute atomic E-state index is 8.85. The van der Waals surface area contributed by atoms with E-state index < -0.39 is 14.0 Å². The minimum Gasteiger partial charge on any atom is -0.396 e. The second-order valence-electron chi connectivity index (χ2n) is 3.05. The lowest BCUT2D eigenvalue weighted by Crippen LogP contribution is -2.38. The van der Waals surface area contributed by atoms with Gasteiger partial charge in [0, 0.05) is 0 Å². The Morgan fingerprint density at radius 2 is 1.44 bits per heavy atom. The number of ether oxygens (including phenoxy) is 1. The van der Waals surface area contributed by atoms with Crippen molar-refractivity contribution in [2.75, 3.05) is 33.0 Å². The molecule has 0 fully saturated rings. The molecule has 0 atom stereocenters. The van der Waals surface area contributed by atoms with Crippen LogP contribution in [-0.4, -0.2) is 63.0 Å². The molecule has 0 aromatic rings. The van der Waals surface area contributed by atoms with Gasteiger partial charge >= 0.3 is 8.60 Å². The Labute approximate surface area is 95.2 Å². The summed E-state index contributed by atoms with van der Waals surface area (Å²) in [5.74, 6) is 0. The lowest BCUT2D eigenvalue weighted by molar-refractivity contribution is -0.0523. The van der Waals surface area contributed by atoms with Gasteiger partial charge in [0.25, 0.3) is 0 Å². The van der Waals surface area contributed by atoms with E-state index in [2.05, 4.69) is 6.58 Å². The van der Waals surface area contributed by atoms with E-state index in [9.17, 15) is 0 Å². The molecular weight excluding hydrogens is 239 g/mol. The standard InChI is InChI=1S/C8H16O4.H3O3P/c1-2-3-12-7-8(4-9,5-10)6-11;1-4(2)3/h2,9-11H,1,3-7H2;1-3H. The maximum atomic E-state index is 8.85. The molecule has 0 aromatic carbocycles. The van der Waals surface area contributed by atoms with Gasteiger partial charge < -0.3 is 34.7 Å². The average molecular weight is 258 g/mol. The van der Waals surface area contributed by atoms with Gasteiger partial charge in [-0.2, -0.15) is 0 Å². The molecular formula is C8H19O7P. The zero-order valence-corrected chi connectivity index (χ0v) is 9.75. The molecule has 0 bridgehead atoms. The van der Waals surface area contributed by atoms with Crippen molar-refractivity contribution in [3.05, 3.63) is 12.7 Å². The fourth-order valence-electron chi connectivity index (χ4n) is 0.646. The molecule has 0 spiro atoms. The minimum atomic E-state index is -2.62. The first kappa shape index (κ1) is 18.3. The second-order valence-corrected chi connectivity index (χ2v) is 3.58. The quantitative estimate of drug-likeness (QED) is 0.183. The third-order valence-electron chi connectivity index (χ3n) is 1.65. The van der Waals surface area contributed by atoms with Gasteiger partial charge in [0.05, 0.1) is 38.4 Å². The summed E-state index contributed by atoms with van der Waals surface area (Å²) in [6, 6.07) is 0. The molecule has 0 aliphatic rings. The fraction of sp³-hybridized carbons (Fsp3) is 0.750. The van der Waals surface area contributed by atoms with Gasteiger partial charge in [-0.15, -0.1) is 6.58 Å². The normalized spacial score (nSPS) is 10.9. The number of hydrogen-bond donors (Lipinski definition) is 6. The van der Waals surface area contributed by atoms with Gasteiger partial charge in [-0.05, 0) is 0 Å². The van der Waals surface area contributed by atoms with Crippen LogP contribution < -0.4 is 0 Å². The van der Waals surface area contributed by atoms with E-state index in [1.807, 2.05) is 0 Å². The van der Waals surface area contributed by atoms with Crippen LogP contribution in [0.1, 0.15) is 0 Å². The highest BCUT2D eigenvalue weighted by molar-refractivity contribution is 7.38. The van der Waals surface area contributed by atoms with Crippen LogP contribution in [0.4, 0.5) is 0 Å². The van der Waals surface area contributed by atoms with E-state index in [0.717, 1.165) is 0 Å². The van der Waals surface area contributed by atoms with Crippen molar-refractivity contribution in [3.8, 4) is 0 Å². The Morgan fingerprint density at radius 3 is 1.69 bits per heavy atom. The highest BCUT2D eigenvalue weighted by Crippen LogP contribution is 2.14. The van der Waals surface area contributed by atoms with Crippen molar-refractivity contribution in [1.29, 1.82) is 0 Å². The van der Waals surface area contributed by atoms with Crippen LogP contribution in [0.5, 0.6) is 0 Å². The third-order valence-corrected chi connectivity index (χ3v) is 1.65. The van der Waals surface area contributed by atoms with Crippen LogP contribution in [0.2, 0.25) is 0 Å². The molecule has 16 heavy (non-hydrogen) atoms. The van der Waals surface area contributed by atoms with Crippen LogP contribution in [0.15, 0.2) is 12.7 Å². The van der Waals surface area contributed by atoms with E-state index in [4.69, 9.17) is 34.7 Å². The summed E-state index contributed by atoms with van der Waals surface area (Å²) in [5, 5.41) is 26.6. The largest absolute Gasteiger partial charge is 0.396 e. The predicted molar refractivity (Wildman–Crippen MR) is 58.3 cm³/mol. The van der Waals surface area contributed by atoms with Gasteiger partial charge in [0.1, 0.15) is 0 Å². The molecule has 0 rings (SSSR count). The average Bonchev–Trinajstić information content (AvgIpc) is 2.25. The monoisotopic (exact) mass is 258 g/mol. The van der Waals surface area contributed by atoms with Crippen molar-refractivity contribution < 1.29 is 34.7 Å². The molecule has 7 nitrogen and oxygen atoms in total. The highest BCUT2D eigenvalue weighted by atomic mass is 31.2. The summed E-state index contributed by atoms with van der Waals surface area (Å²) in [6.45, 7) is 3.04. The number of aliphatic hydroxyl groups excluding tert-OH is 3. The van der Waals surface area contributed by atoms with Crippen molar-refractivity contribution in [2.45, 2.75) is 0 Å². The molecule has 0 unspecified atom stereocenters. The predicted octanol–water partition coefficient (Wildman–Crippen LogP) is -1.66. The molecule has 0 aliphatic heterocycles. The van der Waals surface area contributed by atoms with Gasteiger partial charge in [-0.25, -0.2) is 0 Å². The van der Waals surface area contributed by atoms with E-state index in [1.54, 1.807) is 6.08 Å². The number of aliphatic hydroxyl groups is 3. The zero-order valence-electron chi connectivity index (χ0n) is 8.86. The second kappa shape index (κ2) is 11.4. The van der Waals surface area contributed by atoms with Gasteiger partial charge in [0.2, 0.25) is 0 Å². The van der Waals surface area contributed by atoms with Crippen LogP contribution in [-0.2, 0) is 4.74 Å². The third kappa shape index (κ3) is 10.4. The molecule has 98 valence electrons. The number of rotatable bonds is 7. The molecule has 8 heteroatoms. The van der Waals surface area contributed by atoms with Crippen LogP contribution in [0.25, 0.3) is 0 Å². The van der Waals surface area contributed by atoms with Crippen LogP contribution >= 0.6 is 8.60 Å². The summed E-state index contributed by atoms with van der Waals surface area (Å²) >= 11 is 0.